The molecule has 11 nitrogen and oxygen atoms in total. The Morgan fingerprint density at radius 2 is 1.76 bits per heavy atom. The topological polar surface area (TPSA) is 139 Å². The minimum atomic E-state index is -3.58. The summed E-state index contributed by atoms with van der Waals surface area (Å²) in [6.07, 6.45) is 3.25. The van der Waals surface area contributed by atoms with E-state index in [9.17, 15) is 8.42 Å². The van der Waals surface area contributed by atoms with Gasteiger partial charge in [-0.2, -0.15) is 4.31 Å². The van der Waals surface area contributed by atoms with E-state index in [4.69, 9.17) is 20.4 Å². The van der Waals surface area contributed by atoms with Gasteiger partial charge in [0.1, 0.15) is 0 Å². The molecule has 6 rings (SSSR count). The zero-order valence-electron chi connectivity index (χ0n) is 20.9. The second kappa shape index (κ2) is 10.2. The number of aryl methyl sites for hydroxylation is 1. The van der Waals surface area contributed by atoms with Crippen LogP contribution in [0.4, 0.5) is 11.8 Å². The van der Waals surface area contributed by atoms with Gasteiger partial charge in [-0.25, -0.2) is 28.4 Å². The molecule has 0 amide bonds. The number of sulfonamides is 1. The monoisotopic (exact) mass is 552 g/mol. The molecule has 0 unspecified atom stereocenters. The number of aromatic nitrogens is 4. The Morgan fingerprint density at radius 3 is 2.50 bits per heavy atom. The van der Waals surface area contributed by atoms with Gasteiger partial charge in [-0.3, -0.25) is 0 Å². The summed E-state index contributed by atoms with van der Waals surface area (Å²) in [6, 6.07) is 7.19. The second-order valence-electron chi connectivity index (χ2n) is 9.22. The highest BCUT2D eigenvalue weighted by molar-refractivity contribution is 7.89. The molecule has 0 saturated carbocycles. The standard InChI is InChI=1S/C25H28N8O3S2/c1-16-20-22(24(32-9-11-36-12-10-32)31-23(30-20)18-14-28-25(26)29-15-18)37-21(16)17-3-2-4-19(13-17)38(34,35)33-7-5-27-6-8-33/h2-4,13-15,27H,5-12H2,1H3,(H2,26,28,29). The highest BCUT2D eigenvalue weighted by atomic mass is 32.2. The van der Waals surface area contributed by atoms with Gasteiger partial charge in [-0.15, -0.1) is 11.3 Å². The summed E-state index contributed by atoms with van der Waals surface area (Å²) in [4.78, 5) is 21.5. The highest BCUT2D eigenvalue weighted by Gasteiger charge is 2.27. The van der Waals surface area contributed by atoms with E-state index in [2.05, 4.69) is 20.2 Å². The van der Waals surface area contributed by atoms with Gasteiger partial charge in [-0.1, -0.05) is 12.1 Å². The van der Waals surface area contributed by atoms with Crippen LogP contribution in [0.15, 0.2) is 41.6 Å². The number of nitrogens with zero attached hydrogens (tertiary/aromatic N) is 6. The number of fused-ring (bicyclic) bond motifs is 1. The Hall–Kier alpha value is -3.23. The van der Waals surface area contributed by atoms with E-state index < -0.39 is 10.0 Å². The molecule has 2 fully saturated rings. The van der Waals surface area contributed by atoms with Crippen LogP contribution in [0.1, 0.15) is 5.56 Å². The Morgan fingerprint density at radius 1 is 1.03 bits per heavy atom. The van der Waals surface area contributed by atoms with Crippen LogP contribution in [0.25, 0.3) is 32.0 Å². The predicted octanol–water partition coefficient (Wildman–Crippen LogP) is 2.14. The Bertz CT molecular complexity index is 1580. The first-order valence-corrected chi connectivity index (χ1v) is 14.7. The van der Waals surface area contributed by atoms with E-state index in [1.54, 1.807) is 46.2 Å². The largest absolute Gasteiger partial charge is 0.378 e. The summed E-state index contributed by atoms with van der Waals surface area (Å²) in [7, 11) is -3.58. The zero-order chi connectivity index (χ0) is 26.3. The van der Waals surface area contributed by atoms with Crippen molar-refractivity contribution in [2.45, 2.75) is 11.8 Å². The zero-order valence-corrected chi connectivity index (χ0v) is 22.6. The molecule has 13 heteroatoms. The van der Waals surface area contributed by atoms with E-state index in [0.29, 0.717) is 68.8 Å². The third-order valence-corrected chi connectivity index (χ3v) is 10.0. The average Bonchev–Trinajstić information content (AvgIpc) is 3.30. The lowest BCUT2D eigenvalue weighted by Gasteiger charge is -2.28. The van der Waals surface area contributed by atoms with Crippen molar-refractivity contribution in [3.8, 4) is 21.8 Å². The van der Waals surface area contributed by atoms with Crippen LogP contribution in [0.5, 0.6) is 0 Å². The maximum Gasteiger partial charge on any atom is 0.243 e. The molecule has 0 bridgehead atoms. The van der Waals surface area contributed by atoms with E-state index >= 15 is 0 Å². The Labute approximate surface area is 224 Å². The first-order valence-electron chi connectivity index (χ1n) is 12.4. The molecule has 2 aliphatic rings. The number of thiophene rings is 1. The number of ether oxygens (including phenoxy) is 1. The minimum Gasteiger partial charge on any atom is -0.378 e. The summed E-state index contributed by atoms with van der Waals surface area (Å²) in [5.74, 6) is 1.53. The van der Waals surface area contributed by atoms with Crippen LogP contribution in [-0.2, 0) is 14.8 Å². The van der Waals surface area contributed by atoms with Crippen molar-refractivity contribution in [2.24, 2.45) is 0 Å². The third-order valence-electron chi connectivity index (χ3n) is 6.80. The van der Waals surface area contributed by atoms with Crippen molar-refractivity contribution in [2.75, 3.05) is 63.1 Å². The van der Waals surface area contributed by atoms with Gasteiger partial charge in [-0.05, 0) is 30.2 Å². The third kappa shape index (κ3) is 4.60. The lowest BCUT2D eigenvalue weighted by atomic mass is 10.1. The quantitative estimate of drug-likeness (QED) is 0.378. The molecule has 0 aliphatic carbocycles. The first kappa shape index (κ1) is 25.1. The van der Waals surface area contributed by atoms with Gasteiger partial charge in [0.05, 0.1) is 33.9 Å². The number of hydrogen-bond acceptors (Lipinski definition) is 11. The van der Waals surface area contributed by atoms with Gasteiger partial charge >= 0.3 is 0 Å². The average molecular weight is 553 g/mol. The number of nitrogens with one attached hydrogen (secondary N) is 1. The van der Waals surface area contributed by atoms with Crippen molar-refractivity contribution in [1.29, 1.82) is 0 Å². The maximum atomic E-state index is 13.4. The molecule has 0 spiro atoms. The van der Waals surface area contributed by atoms with Gasteiger partial charge in [0.25, 0.3) is 0 Å². The van der Waals surface area contributed by atoms with Crippen LogP contribution in [-0.4, -0.2) is 85.1 Å². The number of nitrogens with two attached hydrogens (primary N) is 1. The van der Waals surface area contributed by atoms with Gasteiger partial charge in [0.2, 0.25) is 16.0 Å². The lowest BCUT2D eigenvalue weighted by molar-refractivity contribution is 0.122. The molecular weight excluding hydrogens is 524 g/mol. The molecule has 198 valence electrons. The molecule has 3 aromatic heterocycles. The molecular formula is C25H28N8O3S2. The van der Waals surface area contributed by atoms with Gasteiger partial charge < -0.3 is 20.7 Å². The number of morpholine rings is 1. The summed E-state index contributed by atoms with van der Waals surface area (Å²) in [6.45, 7) is 6.92. The fraction of sp³-hybridized carbons (Fsp3) is 0.360. The van der Waals surface area contributed by atoms with E-state index in [1.807, 2.05) is 13.0 Å². The highest BCUT2D eigenvalue weighted by Crippen LogP contribution is 2.42. The van der Waals surface area contributed by atoms with Gasteiger partial charge in [0, 0.05) is 56.5 Å². The molecule has 5 heterocycles. The SMILES string of the molecule is Cc1c(-c2cccc(S(=O)(=O)N3CCNCC3)c2)sc2c(N3CCOCC3)nc(-c3cnc(N)nc3)nc12. The second-order valence-corrected chi connectivity index (χ2v) is 12.2. The van der Waals surface area contributed by atoms with E-state index in [1.165, 1.54) is 0 Å². The van der Waals surface area contributed by atoms with E-state index in [0.717, 1.165) is 32.0 Å². The normalized spacial score (nSPS) is 17.2. The van der Waals surface area contributed by atoms with Gasteiger partial charge in [0.15, 0.2) is 11.6 Å². The van der Waals surface area contributed by atoms with Crippen LogP contribution in [0, 0.1) is 6.92 Å². The maximum absolute atomic E-state index is 13.4. The predicted molar refractivity (Wildman–Crippen MR) is 148 cm³/mol. The van der Waals surface area contributed by atoms with Crippen molar-refractivity contribution in [3.63, 3.8) is 0 Å². The molecule has 2 aliphatic heterocycles. The number of nitrogen functional groups attached to an aromatic ring is 1. The minimum absolute atomic E-state index is 0.188. The van der Waals surface area contributed by atoms with Crippen molar-refractivity contribution < 1.29 is 13.2 Å². The molecule has 1 aromatic carbocycles. The first-order chi connectivity index (χ1) is 18.4. The van der Waals surface area contributed by atoms with Crippen molar-refractivity contribution in [1.82, 2.24) is 29.6 Å². The summed E-state index contributed by atoms with van der Waals surface area (Å²) < 4.78 is 34.8. The molecule has 0 radical (unpaired) electrons. The summed E-state index contributed by atoms with van der Waals surface area (Å²) in [5, 5.41) is 3.21. The number of piperazine rings is 1. The van der Waals surface area contributed by atoms with Crippen LogP contribution in [0.2, 0.25) is 0 Å². The molecule has 4 aromatic rings. The number of benzene rings is 1. The van der Waals surface area contributed by atoms with Crippen molar-refractivity contribution in [3.05, 3.63) is 42.2 Å². The summed E-state index contributed by atoms with van der Waals surface area (Å²) in [5.41, 5.74) is 9.00. The van der Waals surface area contributed by atoms with E-state index in [-0.39, 0.29) is 5.95 Å². The summed E-state index contributed by atoms with van der Waals surface area (Å²) >= 11 is 1.58. The fourth-order valence-electron chi connectivity index (χ4n) is 4.75. The Balaban J connectivity index is 1.47. The Kier molecular flexibility index (Phi) is 6.70. The lowest BCUT2D eigenvalue weighted by Crippen LogP contribution is -2.46. The molecule has 0 atom stereocenters. The van der Waals surface area contributed by atoms with Crippen molar-refractivity contribution >= 4 is 43.3 Å². The smallest absolute Gasteiger partial charge is 0.243 e. The number of hydrogen-bond donors (Lipinski definition) is 2. The molecule has 2 saturated heterocycles. The number of anilines is 2. The molecule has 3 N–H and O–H groups in total. The fourth-order valence-corrected chi connectivity index (χ4v) is 7.50. The van der Waals surface area contributed by atoms with Crippen LogP contribution >= 0.6 is 11.3 Å². The van der Waals surface area contributed by atoms with Crippen LogP contribution in [0.3, 0.4) is 0 Å². The molecule has 38 heavy (non-hydrogen) atoms. The van der Waals surface area contributed by atoms with Crippen LogP contribution < -0.4 is 16.0 Å². The number of rotatable bonds is 5.